The number of carbonyl (C=O) groups excluding carboxylic acids is 1. The standard InChI is InChI=1S/C15H15N3O3S/c1-17(2)22(20,21)10-7-8-13-14(15(16)19)11-5-3-4-6-12(11)18(13)9-10/h3-9H,1-2H3,(H2,16,19). The number of nitrogens with two attached hydrogens (primary N) is 1. The molecule has 0 aliphatic carbocycles. The molecule has 3 rings (SSSR count). The molecule has 0 radical (unpaired) electrons. The van der Waals surface area contributed by atoms with Crippen molar-refractivity contribution in [2.45, 2.75) is 4.90 Å². The van der Waals surface area contributed by atoms with Crippen LogP contribution in [-0.2, 0) is 10.0 Å². The summed E-state index contributed by atoms with van der Waals surface area (Å²) >= 11 is 0. The molecule has 0 aliphatic heterocycles. The summed E-state index contributed by atoms with van der Waals surface area (Å²) in [5.74, 6) is -0.540. The second kappa shape index (κ2) is 4.82. The first kappa shape index (κ1) is 14.6. The largest absolute Gasteiger partial charge is 0.366 e. The Balaban J connectivity index is 2.44. The van der Waals surface area contributed by atoms with Gasteiger partial charge in [-0.2, -0.15) is 0 Å². The number of para-hydroxylation sites is 1. The topological polar surface area (TPSA) is 84.9 Å². The molecule has 114 valence electrons. The zero-order valence-corrected chi connectivity index (χ0v) is 13.0. The SMILES string of the molecule is CN(C)S(=O)(=O)c1ccc2c(C(N)=O)c3ccccc3n2c1. The number of benzene rings is 1. The van der Waals surface area contributed by atoms with Crippen molar-refractivity contribution >= 4 is 32.4 Å². The Morgan fingerprint density at radius 1 is 1.09 bits per heavy atom. The average molecular weight is 317 g/mol. The lowest BCUT2D eigenvalue weighted by atomic mass is 10.1. The van der Waals surface area contributed by atoms with Crippen LogP contribution in [-0.4, -0.2) is 37.1 Å². The Morgan fingerprint density at radius 2 is 1.77 bits per heavy atom. The summed E-state index contributed by atoms with van der Waals surface area (Å²) in [6.07, 6.45) is 1.51. The van der Waals surface area contributed by atoms with E-state index in [2.05, 4.69) is 0 Å². The Labute approximate surface area is 127 Å². The molecule has 0 unspecified atom stereocenters. The second-order valence-corrected chi connectivity index (χ2v) is 7.32. The maximum absolute atomic E-state index is 12.3. The van der Waals surface area contributed by atoms with Gasteiger partial charge in [-0.1, -0.05) is 18.2 Å². The van der Waals surface area contributed by atoms with Crippen molar-refractivity contribution < 1.29 is 13.2 Å². The van der Waals surface area contributed by atoms with Gasteiger partial charge in [0.05, 0.1) is 21.5 Å². The van der Waals surface area contributed by atoms with Gasteiger partial charge >= 0.3 is 0 Å². The number of rotatable bonds is 3. The number of pyridine rings is 1. The first-order valence-electron chi connectivity index (χ1n) is 6.59. The van der Waals surface area contributed by atoms with E-state index in [0.29, 0.717) is 16.5 Å². The van der Waals surface area contributed by atoms with Crippen LogP contribution in [0.2, 0.25) is 0 Å². The van der Waals surface area contributed by atoms with Crippen LogP contribution in [0, 0.1) is 0 Å². The van der Waals surface area contributed by atoms with Gasteiger partial charge in [0.2, 0.25) is 10.0 Å². The molecule has 22 heavy (non-hydrogen) atoms. The Bertz CT molecular complexity index is 1000. The van der Waals surface area contributed by atoms with Crippen molar-refractivity contribution in [2.24, 2.45) is 5.73 Å². The molecule has 0 bridgehead atoms. The smallest absolute Gasteiger partial charge is 0.251 e. The normalized spacial score (nSPS) is 12.3. The molecule has 2 N–H and O–H groups in total. The van der Waals surface area contributed by atoms with Gasteiger partial charge in [0.15, 0.2) is 0 Å². The maximum Gasteiger partial charge on any atom is 0.251 e. The minimum Gasteiger partial charge on any atom is -0.366 e. The molecule has 6 nitrogen and oxygen atoms in total. The molecule has 1 aromatic carbocycles. The fourth-order valence-electron chi connectivity index (χ4n) is 2.54. The van der Waals surface area contributed by atoms with Gasteiger partial charge in [-0.15, -0.1) is 0 Å². The Morgan fingerprint density at radius 3 is 2.41 bits per heavy atom. The summed E-state index contributed by atoms with van der Waals surface area (Å²) < 4.78 is 27.4. The van der Waals surface area contributed by atoms with E-state index in [9.17, 15) is 13.2 Å². The van der Waals surface area contributed by atoms with E-state index in [1.165, 1.54) is 26.4 Å². The van der Waals surface area contributed by atoms with Crippen LogP contribution in [0.5, 0.6) is 0 Å². The molecule has 0 saturated carbocycles. The lowest BCUT2D eigenvalue weighted by molar-refractivity contribution is 0.100. The second-order valence-electron chi connectivity index (χ2n) is 5.16. The van der Waals surface area contributed by atoms with Crippen LogP contribution in [0.25, 0.3) is 16.4 Å². The van der Waals surface area contributed by atoms with Gasteiger partial charge < -0.3 is 10.1 Å². The van der Waals surface area contributed by atoms with E-state index in [1.54, 1.807) is 16.5 Å². The predicted molar refractivity (Wildman–Crippen MR) is 84.3 cm³/mol. The van der Waals surface area contributed by atoms with Crippen LogP contribution in [0.15, 0.2) is 47.5 Å². The van der Waals surface area contributed by atoms with Crippen molar-refractivity contribution in [3.8, 4) is 0 Å². The summed E-state index contributed by atoms with van der Waals surface area (Å²) in [6, 6.07) is 10.3. The van der Waals surface area contributed by atoms with Crippen LogP contribution >= 0.6 is 0 Å². The van der Waals surface area contributed by atoms with E-state index >= 15 is 0 Å². The van der Waals surface area contributed by atoms with Crippen LogP contribution in [0.4, 0.5) is 0 Å². The number of aromatic nitrogens is 1. The van der Waals surface area contributed by atoms with Crippen LogP contribution < -0.4 is 5.73 Å². The molecule has 7 heteroatoms. The van der Waals surface area contributed by atoms with E-state index in [-0.39, 0.29) is 4.90 Å². The zero-order chi connectivity index (χ0) is 16.1. The fourth-order valence-corrected chi connectivity index (χ4v) is 3.44. The summed E-state index contributed by atoms with van der Waals surface area (Å²) in [6.45, 7) is 0. The quantitative estimate of drug-likeness (QED) is 0.793. The zero-order valence-electron chi connectivity index (χ0n) is 12.1. The lowest BCUT2D eigenvalue weighted by Gasteiger charge is -2.11. The van der Waals surface area contributed by atoms with Crippen LogP contribution in [0.1, 0.15) is 10.4 Å². The molecule has 0 fully saturated rings. The highest BCUT2D eigenvalue weighted by atomic mass is 32.2. The molecule has 0 saturated heterocycles. The Kier molecular flexibility index (Phi) is 3.19. The monoisotopic (exact) mass is 317 g/mol. The third-order valence-corrected chi connectivity index (χ3v) is 5.43. The fraction of sp³-hybridized carbons (Fsp3) is 0.133. The highest BCUT2D eigenvalue weighted by molar-refractivity contribution is 7.89. The van der Waals surface area contributed by atoms with E-state index in [4.69, 9.17) is 5.73 Å². The van der Waals surface area contributed by atoms with Crippen molar-refractivity contribution in [1.29, 1.82) is 0 Å². The summed E-state index contributed by atoms with van der Waals surface area (Å²) in [5, 5.41) is 0.703. The number of fused-ring (bicyclic) bond motifs is 3. The predicted octanol–water partition coefficient (Wildman–Crippen LogP) is 1.44. The summed E-state index contributed by atoms with van der Waals surface area (Å²) in [7, 11) is -0.603. The molecule has 0 atom stereocenters. The average Bonchev–Trinajstić information content (AvgIpc) is 2.80. The number of primary amides is 1. The number of nitrogens with zero attached hydrogens (tertiary/aromatic N) is 2. The first-order chi connectivity index (χ1) is 10.3. The minimum atomic E-state index is -3.55. The van der Waals surface area contributed by atoms with E-state index in [0.717, 1.165) is 9.82 Å². The molecule has 3 aromatic rings. The molecule has 1 amide bonds. The first-order valence-corrected chi connectivity index (χ1v) is 8.03. The van der Waals surface area contributed by atoms with Gasteiger partial charge in [-0.3, -0.25) is 4.79 Å². The molecule has 0 aliphatic rings. The van der Waals surface area contributed by atoms with Gasteiger partial charge in [0.1, 0.15) is 0 Å². The van der Waals surface area contributed by atoms with Gasteiger partial charge in [-0.25, -0.2) is 12.7 Å². The minimum absolute atomic E-state index is 0.154. The molecular weight excluding hydrogens is 302 g/mol. The number of hydrogen-bond donors (Lipinski definition) is 1. The third-order valence-electron chi connectivity index (χ3n) is 3.64. The molecule has 0 spiro atoms. The molecule has 2 heterocycles. The van der Waals surface area contributed by atoms with Crippen molar-refractivity contribution in [3.63, 3.8) is 0 Å². The Hall–Kier alpha value is -2.38. The van der Waals surface area contributed by atoms with Crippen molar-refractivity contribution in [1.82, 2.24) is 8.71 Å². The molecule has 2 aromatic heterocycles. The van der Waals surface area contributed by atoms with Crippen molar-refractivity contribution in [3.05, 3.63) is 48.2 Å². The third kappa shape index (κ3) is 1.98. The molecular formula is C15H15N3O3S. The van der Waals surface area contributed by atoms with Gasteiger partial charge in [-0.05, 0) is 18.2 Å². The summed E-state index contributed by atoms with van der Waals surface area (Å²) in [4.78, 5) is 11.9. The lowest BCUT2D eigenvalue weighted by Crippen LogP contribution is -2.22. The van der Waals surface area contributed by atoms with E-state index < -0.39 is 15.9 Å². The summed E-state index contributed by atoms with van der Waals surface area (Å²) in [5.41, 5.74) is 7.20. The number of hydrogen-bond acceptors (Lipinski definition) is 3. The highest BCUT2D eigenvalue weighted by Crippen LogP contribution is 2.28. The van der Waals surface area contributed by atoms with Crippen LogP contribution in [0.3, 0.4) is 0 Å². The number of amides is 1. The van der Waals surface area contributed by atoms with E-state index in [1.807, 2.05) is 18.2 Å². The van der Waals surface area contributed by atoms with Crippen molar-refractivity contribution in [2.75, 3.05) is 14.1 Å². The number of sulfonamides is 1. The maximum atomic E-state index is 12.3. The number of carbonyl (C=O) groups is 1. The highest BCUT2D eigenvalue weighted by Gasteiger charge is 2.21. The van der Waals surface area contributed by atoms with Gasteiger partial charge in [0, 0.05) is 25.7 Å². The van der Waals surface area contributed by atoms with Gasteiger partial charge in [0.25, 0.3) is 5.91 Å².